The maximum Gasteiger partial charge on any atom is 0.416 e. The van der Waals surface area contributed by atoms with Crippen LogP contribution >= 0.6 is 0 Å². The number of amides is 2. The summed E-state index contributed by atoms with van der Waals surface area (Å²) in [6.45, 7) is 1.14. The lowest BCUT2D eigenvalue weighted by molar-refractivity contribution is -0.137. The minimum Gasteiger partial charge on any atom is -0.325 e. The predicted octanol–water partition coefficient (Wildman–Crippen LogP) is 2.81. The van der Waals surface area contributed by atoms with E-state index in [1.54, 1.807) is 13.0 Å². The largest absolute Gasteiger partial charge is 0.416 e. The molecule has 3 rings (SSSR count). The van der Waals surface area contributed by atoms with E-state index in [2.05, 4.69) is 10.6 Å². The molecule has 9 nitrogen and oxygen atoms in total. The van der Waals surface area contributed by atoms with Crippen molar-refractivity contribution in [3.8, 4) is 6.07 Å². The molecule has 35 heavy (non-hydrogen) atoms. The van der Waals surface area contributed by atoms with Crippen molar-refractivity contribution in [1.82, 2.24) is 9.13 Å². The van der Waals surface area contributed by atoms with Crippen LogP contribution in [0.3, 0.4) is 0 Å². The zero-order chi connectivity index (χ0) is 25.8. The lowest BCUT2D eigenvalue weighted by Crippen LogP contribution is -2.43. The molecule has 2 aromatic carbocycles. The van der Waals surface area contributed by atoms with Gasteiger partial charge in [0.15, 0.2) is 0 Å². The number of benzene rings is 2. The number of anilines is 2. The Morgan fingerprint density at radius 1 is 1.03 bits per heavy atom. The van der Waals surface area contributed by atoms with Crippen LogP contribution in [0.2, 0.25) is 0 Å². The zero-order valence-electron chi connectivity index (χ0n) is 18.2. The molecule has 0 unspecified atom stereocenters. The molecule has 2 amide bonds. The molecule has 0 aliphatic rings. The second kappa shape index (κ2) is 10.1. The number of alkyl halides is 3. The van der Waals surface area contributed by atoms with Crippen molar-refractivity contribution in [2.75, 3.05) is 10.6 Å². The van der Waals surface area contributed by atoms with E-state index in [4.69, 9.17) is 5.26 Å². The van der Waals surface area contributed by atoms with Gasteiger partial charge in [-0.25, -0.2) is 9.36 Å². The Labute approximate surface area is 196 Å². The highest BCUT2D eigenvalue weighted by atomic mass is 19.4. The van der Waals surface area contributed by atoms with Gasteiger partial charge >= 0.3 is 11.9 Å². The van der Waals surface area contributed by atoms with Gasteiger partial charge in [-0.3, -0.25) is 19.0 Å². The van der Waals surface area contributed by atoms with Crippen LogP contribution in [0.25, 0.3) is 0 Å². The number of carbonyl (C=O) groups is 2. The number of hydrogen-bond acceptors (Lipinski definition) is 5. The van der Waals surface area contributed by atoms with Crippen LogP contribution in [0.15, 0.2) is 64.3 Å². The lowest BCUT2D eigenvalue weighted by atomic mass is 10.1. The molecular formula is C23H18F3N5O4. The zero-order valence-corrected chi connectivity index (χ0v) is 18.2. The van der Waals surface area contributed by atoms with E-state index in [-0.39, 0.29) is 29.0 Å². The summed E-state index contributed by atoms with van der Waals surface area (Å²) in [6.07, 6.45) is -3.45. The fraction of sp³-hybridized carbons (Fsp3) is 0.174. The first kappa shape index (κ1) is 25.0. The van der Waals surface area contributed by atoms with Gasteiger partial charge in [0.25, 0.3) is 11.5 Å². The number of hydrogen-bond donors (Lipinski definition) is 2. The molecule has 0 saturated carbocycles. The van der Waals surface area contributed by atoms with Crippen molar-refractivity contribution in [1.29, 1.82) is 5.26 Å². The number of halogens is 3. The minimum absolute atomic E-state index is 0.0391. The first-order chi connectivity index (χ1) is 16.5. The van der Waals surface area contributed by atoms with E-state index in [1.807, 2.05) is 0 Å². The van der Waals surface area contributed by atoms with Gasteiger partial charge in [-0.05, 0) is 43.3 Å². The Bertz CT molecular complexity index is 1450. The van der Waals surface area contributed by atoms with Crippen molar-refractivity contribution in [2.24, 2.45) is 0 Å². The number of nitrogens with zero attached hydrogens (tertiary/aromatic N) is 3. The maximum atomic E-state index is 12.9. The molecule has 0 atom stereocenters. The molecule has 0 saturated heterocycles. The Hall–Kier alpha value is -4.66. The lowest BCUT2D eigenvalue weighted by Gasteiger charge is -2.12. The smallest absolute Gasteiger partial charge is 0.325 e. The van der Waals surface area contributed by atoms with Gasteiger partial charge in [0.1, 0.15) is 18.2 Å². The molecule has 12 heteroatoms. The van der Waals surface area contributed by atoms with Gasteiger partial charge in [-0.2, -0.15) is 18.4 Å². The van der Waals surface area contributed by atoms with Crippen molar-refractivity contribution in [3.05, 3.63) is 92.3 Å². The second-order valence-corrected chi connectivity index (χ2v) is 7.28. The normalized spacial score (nSPS) is 10.9. The monoisotopic (exact) mass is 485 g/mol. The molecule has 1 heterocycles. The molecule has 0 radical (unpaired) electrons. The maximum absolute atomic E-state index is 12.9. The summed E-state index contributed by atoms with van der Waals surface area (Å²) in [7, 11) is 0. The van der Waals surface area contributed by atoms with Crippen LogP contribution in [0, 0.1) is 11.3 Å². The first-order valence-electron chi connectivity index (χ1n) is 10.2. The summed E-state index contributed by atoms with van der Waals surface area (Å²) in [5.41, 5.74) is -2.78. The highest BCUT2D eigenvalue weighted by Crippen LogP contribution is 2.30. The average Bonchev–Trinajstić information content (AvgIpc) is 2.82. The Morgan fingerprint density at radius 3 is 2.31 bits per heavy atom. The Balaban J connectivity index is 1.77. The van der Waals surface area contributed by atoms with Crippen molar-refractivity contribution < 1.29 is 22.8 Å². The summed E-state index contributed by atoms with van der Waals surface area (Å²) in [5.74, 6) is -1.48. The predicted molar refractivity (Wildman–Crippen MR) is 120 cm³/mol. The number of carbonyl (C=O) groups excluding carboxylic acids is 2. The third kappa shape index (κ3) is 5.83. The van der Waals surface area contributed by atoms with E-state index < -0.39 is 41.3 Å². The van der Waals surface area contributed by atoms with Gasteiger partial charge in [0.2, 0.25) is 5.91 Å². The van der Waals surface area contributed by atoms with Crippen LogP contribution in [0.1, 0.15) is 28.4 Å². The van der Waals surface area contributed by atoms with Gasteiger partial charge in [-0.1, -0.05) is 12.1 Å². The molecular weight excluding hydrogens is 467 g/mol. The number of nitrogens with one attached hydrogen (secondary N) is 2. The van der Waals surface area contributed by atoms with Crippen molar-refractivity contribution in [2.45, 2.75) is 26.2 Å². The molecule has 0 fully saturated rings. The standard InChI is InChI=1S/C23H18F3N5O4/c1-2-30-12-15(11-27)21(34)31(22(30)35)13-19(32)28-17-7-3-5-14(9-17)20(33)29-18-8-4-6-16(10-18)23(24,25)26/h3-10,12H,2,13H2,1H3,(H,28,32)(H,29,33). The molecule has 2 N–H and O–H groups in total. The van der Waals surface area contributed by atoms with Gasteiger partial charge < -0.3 is 10.6 Å². The van der Waals surface area contributed by atoms with Crippen molar-refractivity contribution in [3.63, 3.8) is 0 Å². The van der Waals surface area contributed by atoms with E-state index >= 15 is 0 Å². The second-order valence-electron chi connectivity index (χ2n) is 7.28. The number of aryl methyl sites for hydroxylation is 1. The molecule has 180 valence electrons. The number of rotatable bonds is 6. The fourth-order valence-electron chi connectivity index (χ4n) is 3.16. The summed E-state index contributed by atoms with van der Waals surface area (Å²) in [4.78, 5) is 49.7. The number of nitriles is 1. The molecule has 0 aliphatic heterocycles. The highest BCUT2D eigenvalue weighted by Gasteiger charge is 2.30. The summed E-state index contributed by atoms with van der Waals surface area (Å²) >= 11 is 0. The topological polar surface area (TPSA) is 126 Å². The molecule has 1 aromatic heterocycles. The molecule has 0 bridgehead atoms. The van der Waals surface area contributed by atoms with E-state index in [0.717, 1.165) is 29.0 Å². The van der Waals surface area contributed by atoms with E-state index in [9.17, 15) is 32.3 Å². The van der Waals surface area contributed by atoms with Crippen LogP contribution in [0.4, 0.5) is 24.5 Å². The molecule has 0 spiro atoms. The van der Waals surface area contributed by atoms with Crippen LogP contribution in [0.5, 0.6) is 0 Å². The van der Waals surface area contributed by atoms with E-state index in [1.165, 1.54) is 30.3 Å². The molecule has 3 aromatic rings. The third-order valence-corrected chi connectivity index (χ3v) is 4.86. The van der Waals surface area contributed by atoms with Crippen LogP contribution in [-0.2, 0) is 24.1 Å². The Morgan fingerprint density at radius 2 is 1.69 bits per heavy atom. The van der Waals surface area contributed by atoms with E-state index in [0.29, 0.717) is 4.57 Å². The number of aromatic nitrogens is 2. The quantitative estimate of drug-likeness (QED) is 0.555. The minimum atomic E-state index is -4.57. The molecule has 0 aliphatic carbocycles. The van der Waals surface area contributed by atoms with Gasteiger partial charge in [-0.15, -0.1) is 0 Å². The summed E-state index contributed by atoms with van der Waals surface area (Å²) < 4.78 is 40.4. The highest BCUT2D eigenvalue weighted by molar-refractivity contribution is 6.05. The Kier molecular flexibility index (Phi) is 7.20. The summed E-state index contributed by atoms with van der Waals surface area (Å²) in [6, 6.07) is 11.3. The first-order valence-corrected chi connectivity index (χ1v) is 10.2. The SMILES string of the molecule is CCn1cc(C#N)c(=O)n(CC(=O)Nc2cccc(C(=O)Nc3cccc(C(F)(F)F)c3)c2)c1=O. The fourth-order valence-corrected chi connectivity index (χ4v) is 3.16. The van der Waals surface area contributed by atoms with Gasteiger partial charge in [0, 0.05) is 29.7 Å². The summed E-state index contributed by atoms with van der Waals surface area (Å²) in [5, 5.41) is 13.9. The average molecular weight is 485 g/mol. The van der Waals surface area contributed by atoms with Crippen LogP contribution < -0.4 is 21.9 Å². The van der Waals surface area contributed by atoms with Crippen molar-refractivity contribution >= 4 is 23.2 Å². The van der Waals surface area contributed by atoms with Gasteiger partial charge in [0.05, 0.1) is 5.56 Å². The third-order valence-electron chi connectivity index (χ3n) is 4.86. The van der Waals surface area contributed by atoms with Crippen LogP contribution in [-0.4, -0.2) is 20.9 Å².